The smallest absolute Gasteiger partial charge is 0.271 e. The number of anilines is 2. The number of aromatic nitrogens is 3. The molecule has 114 valence electrons. The highest BCUT2D eigenvalue weighted by atomic mass is 32.1. The van der Waals surface area contributed by atoms with E-state index in [-0.39, 0.29) is 11.5 Å². The SMILES string of the molecule is Cc1cnc(NC(=O)CCNc2ccc3c(=O)[nH][nH]c3c2)s1. The zero-order chi connectivity index (χ0) is 15.5. The zero-order valence-electron chi connectivity index (χ0n) is 11.9. The molecule has 0 aliphatic rings. The fourth-order valence-electron chi connectivity index (χ4n) is 2.06. The first-order valence-corrected chi connectivity index (χ1v) is 7.60. The molecule has 22 heavy (non-hydrogen) atoms. The Morgan fingerprint density at radius 3 is 3.00 bits per heavy atom. The van der Waals surface area contributed by atoms with E-state index in [1.807, 2.05) is 19.1 Å². The largest absolute Gasteiger partial charge is 0.384 e. The Kier molecular flexibility index (Phi) is 3.92. The number of benzene rings is 1. The molecule has 0 aliphatic carbocycles. The molecule has 0 fully saturated rings. The van der Waals surface area contributed by atoms with Crippen molar-refractivity contribution in [2.45, 2.75) is 13.3 Å². The van der Waals surface area contributed by atoms with Gasteiger partial charge < -0.3 is 10.6 Å². The maximum atomic E-state index is 11.8. The summed E-state index contributed by atoms with van der Waals surface area (Å²) in [6, 6.07) is 5.38. The van der Waals surface area contributed by atoms with Crippen molar-refractivity contribution in [3.63, 3.8) is 0 Å². The topological polar surface area (TPSA) is 103 Å². The van der Waals surface area contributed by atoms with Crippen LogP contribution in [0.1, 0.15) is 11.3 Å². The van der Waals surface area contributed by atoms with Crippen LogP contribution in [0, 0.1) is 6.92 Å². The Balaban J connectivity index is 1.53. The molecule has 7 nitrogen and oxygen atoms in total. The summed E-state index contributed by atoms with van der Waals surface area (Å²) in [6.45, 7) is 2.44. The molecule has 1 aromatic carbocycles. The lowest BCUT2D eigenvalue weighted by atomic mass is 10.2. The third-order valence-corrected chi connectivity index (χ3v) is 3.95. The molecule has 8 heteroatoms. The van der Waals surface area contributed by atoms with Gasteiger partial charge in [-0.1, -0.05) is 0 Å². The molecule has 2 heterocycles. The van der Waals surface area contributed by atoms with E-state index in [1.165, 1.54) is 11.3 Å². The number of H-pyrrole nitrogens is 2. The summed E-state index contributed by atoms with van der Waals surface area (Å²) >= 11 is 1.45. The fraction of sp³-hybridized carbons (Fsp3) is 0.214. The second-order valence-corrected chi connectivity index (χ2v) is 6.08. The van der Waals surface area contributed by atoms with Gasteiger partial charge in [0.1, 0.15) is 0 Å². The summed E-state index contributed by atoms with van der Waals surface area (Å²) in [6.07, 6.45) is 2.06. The predicted octanol–water partition coefficient (Wildman–Crippen LogP) is 2.06. The Morgan fingerprint density at radius 2 is 2.23 bits per heavy atom. The van der Waals surface area contributed by atoms with E-state index in [9.17, 15) is 9.59 Å². The van der Waals surface area contributed by atoms with Crippen LogP contribution in [0.3, 0.4) is 0 Å². The van der Waals surface area contributed by atoms with Crippen molar-refractivity contribution in [1.82, 2.24) is 15.2 Å². The normalized spacial score (nSPS) is 10.8. The molecule has 0 saturated carbocycles. The highest BCUT2D eigenvalue weighted by Gasteiger charge is 2.06. The van der Waals surface area contributed by atoms with Gasteiger partial charge in [-0.2, -0.15) is 0 Å². The molecule has 0 saturated heterocycles. The third kappa shape index (κ3) is 3.17. The van der Waals surface area contributed by atoms with E-state index in [1.54, 1.807) is 12.3 Å². The van der Waals surface area contributed by atoms with Crippen molar-refractivity contribution in [2.24, 2.45) is 0 Å². The maximum Gasteiger partial charge on any atom is 0.271 e. The molecule has 0 aliphatic heterocycles. The second-order valence-electron chi connectivity index (χ2n) is 4.84. The highest BCUT2D eigenvalue weighted by Crippen LogP contribution is 2.17. The molecule has 3 aromatic rings. The molecule has 0 bridgehead atoms. The lowest BCUT2D eigenvalue weighted by Gasteiger charge is -2.06. The molecule has 4 N–H and O–H groups in total. The Labute approximate surface area is 129 Å². The van der Waals surface area contributed by atoms with Gasteiger partial charge in [0.15, 0.2) is 5.13 Å². The minimum Gasteiger partial charge on any atom is -0.384 e. The number of thiazole rings is 1. The Morgan fingerprint density at radius 1 is 1.36 bits per heavy atom. The number of fused-ring (bicyclic) bond motifs is 1. The van der Waals surface area contributed by atoms with Crippen LogP contribution >= 0.6 is 11.3 Å². The third-order valence-electron chi connectivity index (χ3n) is 3.12. The van der Waals surface area contributed by atoms with Gasteiger partial charge in [-0.3, -0.25) is 19.8 Å². The molecular formula is C14H15N5O2S. The molecule has 2 aromatic heterocycles. The van der Waals surface area contributed by atoms with E-state index in [0.29, 0.717) is 23.5 Å². The second kappa shape index (κ2) is 6.02. The minimum absolute atomic E-state index is 0.0852. The maximum absolute atomic E-state index is 11.8. The minimum atomic E-state index is -0.139. The molecular weight excluding hydrogens is 302 g/mol. The van der Waals surface area contributed by atoms with Crippen LogP contribution in [0.4, 0.5) is 10.8 Å². The lowest BCUT2D eigenvalue weighted by Crippen LogP contribution is -2.16. The molecule has 0 atom stereocenters. The molecule has 0 radical (unpaired) electrons. The number of amides is 1. The number of rotatable bonds is 5. The molecule has 3 rings (SSSR count). The van der Waals surface area contributed by atoms with Crippen LogP contribution in [-0.2, 0) is 4.79 Å². The lowest BCUT2D eigenvalue weighted by molar-refractivity contribution is -0.115. The van der Waals surface area contributed by atoms with Crippen LogP contribution in [0.25, 0.3) is 10.9 Å². The van der Waals surface area contributed by atoms with Gasteiger partial charge in [-0.05, 0) is 25.1 Å². The number of hydrogen-bond donors (Lipinski definition) is 4. The van der Waals surface area contributed by atoms with Gasteiger partial charge in [0.2, 0.25) is 5.91 Å². The monoisotopic (exact) mass is 317 g/mol. The van der Waals surface area contributed by atoms with Crippen LogP contribution in [0.5, 0.6) is 0 Å². The highest BCUT2D eigenvalue weighted by molar-refractivity contribution is 7.15. The van der Waals surface area contributed by atoms with Crippen LogP contribution in [0.2, 0.25) is 0 Å². The summed E-state index contributed by atoms with van der Waals surface area (Å²) in [4.78, 5) is 28.3. The van der Waals surface area contributed by atoms with E-state index >= 15 is 0 Å². The van der Waals surface area contributed by atoms with Gasteiger partial charge in [-0.15, -0.1) is 11.3 Å². The molecule has 0 unspecified atom stereocenters. The van der Waals surface area contributed by atoms with E-state index < -0.39 is 0 Å². The van der Waals surface area contributed by atoms with Crippen LogP contribution < -0.4 is 16.2 Å². The fourth-order valence-corrected chi connectivity index (χ4v) is 2.74. The van der Waals surface area contributed by atoms with E-state index in [0.717, 1.165) is 16.1 Å². The summed E-state index contributed by atoms with van der Waals surface area (Å²) in [5.41, 5.74) is 1.44. The average molecular weight is 317 g/mol. The first-order chi connectivity index (χ1) is 10.6. The van der Waals surface area contributed by atoms with Crippen molar-refractivity contribution >= 4 is 39.0 Å². The first-order valence-electron chi connectivity index (χ1n) is 6.78. The van der Waals surface area contributed by atoms with Gasteiger partial charge in [0.25, 0.3) is 5.56 Å². The van der Waals surface area contributed by atoms with Gasteiger partial charge in [0, 0.05) is 29.7 Å². The van der Waals surface area contributed by atoms with Gasteiger partial charge in [-0.25, -0.2) is 4.98 Å². The number of hydrogen-bond acceptors (Lipinski definition) is 5. The van der Waals surface area contributed by atoms with Crippen LogP contribution in [-0.4, -0.2) is 27.6 Å². The summed E-state index contributed by atoms with van der Waals surface area (Å²) in [7, 11) is 0. The molecule has 0 spiro atoms. The standard InChI is InChI=1S/C14H15N5O2S/c1-8-7-16-14(22-8)17-12(20)4-5-15-9-2-3-10-11(6-9)18-19-13(10)21/h2-3,6-7,15H,4-5H2,1H3,(H,16,17,20)(H2,18,19,21). The molecule has 1 amide bonds. The Bertz CT molecular complexity index is 863. The summed E-state index contributed by atoms with van der Waals surface area (Å²) < 4.78 is 0. The van der Waals surface area contributed by atoms with Crippen LogP contribution in [0.15, 0.2) is 29.2 Å². The first kappa shape index (κ1) is 14.3. The number of nitrogens with zero attached hydrogens (tertiary/aromatic N) is 1. The van der Waals surface area contributed by atoms with Gasteiger partial charge in [0.05, 0.1) is 10.9 Å². The van der Waals surface area contributed by atoms with Gasteiger partial charge >= 0.3 is 0 Å². The zero-order valence-corrected chi connectivity index (χ0v) is 12.7. The van der Waals surface area contributed by atoms with Crippen molar-refractivity contribution in [3.8, 4) is 0 Å². The quantitative estimate of drug-likeness (QED) is 0.578. The van der Waals surface area contributed by atoms with E-state index in [4.69, 9.17) is 0 Å². The number of carbonyl (C=O) groups is 1. The van der Waals surface area contributed by atoms with Crippen molar-refractivity contribution < 1.29 is 4.79 Å². The van der Waals surface area contributed by atoms with E-state index in [2.05, 4.69) is 25.8 Å². The van der Waals surface area contributed by atoms with Crippen molar-refractivity contribution in [2.75, 3.05) is 17.2 Å². The Hall–Kier alpha value is -2.61. The number of nitrogens with one attached hydrogen (secondary N) is 4. The summed E-state index contributed by atoms with van der Waals surface area (Å²) in [5.74, 6) is -0.0852. The van der Waals surface area contributed by atoms with Crippen molar-refractivity contribution in [3.05, 3.63) is 39.6 Å². The number of aromatic amines is 2. The number of carbonyl (C=O) groups excluding carboxylic acids is 1. The average Bonchev–Trinajstić information content (AvgIpc) is 3.05. The van der Waals surface area contributed by atoms with Crippen molar-refractivity contribution in [1.29, 1.82) is 0 Å². The predicted molar refractivity (Wildman–Crippen MR) is 87.5 cm³/mol. The summed E-state index contributed by atoms with van der Waals surface area (Å²) in [5, 5.41) is 12.5. The number of aryl methyl sites for hydroxylation is 1.